The van der Waals surface area contributed by atoms with Crippen LogP contribution in [0.25, 0.3) is 66.5 Å². The molecule has 0 fully saturated rings. The Bertz CT molecular complexity index is 1660. The monoisotopic (exact) mass is 431 g/mol. The van der Waals surface area contributed by atoms with Gasteiger partial charge >= 0.3 is 0 Å². The van der Waals surface area contributed by atoms with Crippen molar-refractivity contribution in [3.05, 3.63) is 128 Å². The first-order valence-corrected chi connectivity index (χ1v) is 11.7. The van der Waals surface area contributed by atoms with Crippen molar-refractivity contribution in [1.29, 1.82) is 0 Å². The lowest BCUT2D eigenvalue weighted by molar-refractivity contribution is 1.33. The third-order valence-electron chi connectivity index (χ3n) is 6.86. The van der Waals surface area contributed by atoms with Crippen molar-refractivity contribution >= 4 is 10.8 Å². The van der Waals surface area contributed by atoms with Crippen LogP contribution in [0, 0.1) is 0 Å². The summed E-state index contributed by atoms with van der Waals surface area (Å²) >= 11 is 0. The molecule has 1 aromatic heterocycles. The van der Waals surface area contributed by atoms with Crippen LogP contribution in [0.5, 0.6) is 0 Å². The molecule has 1 nitrogen and oxygen atoms in total. The summed E-state index contributed by atoms with van der Waals surface area (Å²) in [5.74, 6) is 0. The van der Waals surface area contributed by atoms with Gasteiger partial charge in [-0.2, -0.15) is 0 Å². The number of aromatic nitrogens is 1. The van der Waals surface area contributed by atoms with Crippen molar-refractivity contribution in [2.75, 3.05) is 0 Å². The summed E-state index contributed by atoms with van der Waals surface area (Å²) in [6, 6.07) is 43.4. The Morgan fingerprint density at radius 3 is 1.74 bits per heavy atom. The second-order valence-electron chi connectivity index (χ2n) is 8.75. The predicted molar refractivity (Wildman–Crippen MR) is 142 cm³/mol. The zero-order valence-electron chi connectivity index (χ0n) is 18.6. The molecule has 0 unspecified atom stereocenters. The zero-order chi connectivity index (χ0) is 22.5. The molecule has 0 saturated heterocycles. The summed E-state index contributed by atoms with van der Waals surface area (Å²) in [4.78, 5) is 4.79. The highest BCUT2D eigenvalue weighted by Crippen LogP contribution is 2.56. The fraction of sp³-hybridized carbons (Fsp3) is 0. The first kappa shape index (κ1) is 19.0. The Kier molecular flexibility index (Phi) is 4.22. The van der Waals surface area contributed by atoms with Gasteiger partial charge in [-0.3, -0.25) is 4.98 Å². The van der Waals surface area contributed by atoms with Gasteiger partial charge in [0.2, 0.25) is 0 Å². The van der Waals surface area contributed by atoms with Crippen LogP contribution >= 0.6 is 0 Å². The highest BCUT2D eigenvalue weighted by atomic mass is 14.7. The van der Waals surface area contributed by atoms with Crippen molar-refractivity contribution < 1.29 is 0 Å². The number of hydrogen-bond acceptors (Lipinski definition) is 1. The minimum atomic E-state index is 0.990. The third kappa shape index (κ3) is 2.77. The van der Waals surface area contributed by atoms with E-state index in [0.717, 1.165) is 11.3 Å². The summed E-state index contributed by atoms with van der Waals surface area (Å²) < 4.78 is 0. The van der Waals surface area contributed by atoms with Crippen molar-refractivity contribution in [2.24, 2.45) is 0 Å². The molecular weight excluding hydrogens is 410 g/mol. The second-order valence-corrected chi connectivity index (χ2v) is 8.75. The number of rotatable bonds is 3. The van der Waals surface area contributed by atoms with Gasteiger partial charge in [0.15, 0.2) is 0 Å². The first-order valence-electron chi connectivity index (χ1n) is 11.7. The molecule has 0 saturated carbocycles. The first-order chi connectivity index (χ1) is 16.9. The molecule has 1 heterocycles. The van der Waals surface area contributed by atoms with E-state index in [0.29, 0.717) is 0 Å². The van der Waals surface area contributed by atoms with Gasteiger partial charge in [0, 0.05) is 11.8 Å². The van der Waals surface area contributed by atoms with Crippen LogP contribution in [0.4, 0.5) is 0 Å². The second kappa shape index (κ2) is 7.54. The molecule has 1 heteroatoms. The molecule has 1 aliphatic rings. The number of nitrogens with zero attached hydrogens (tertiary/aromatic N) is 1. The summed E-state index contributed by atoms with van der Waals surface area (Å²) in [7, 11) is 0. The number of benzene rings is 5. The maximum Gasteiger partial charge on any atom is 0.0708 e. The molecule has 158 valence electrons. The topological polar surface area (TPSA) is 12.9 Å². The highest BCUT2D eigenvalue weighted by molar-refractivity contribution is 6.22. The summed E-state index contributed by atoms with van der Waals surface area (Å²) in [5, 5.41) is 2.62. The minimum Gasteiger partial charge on any atom is -0.256 e. The molecule has 0 spiro atoms. The Labute approximate surface area is 199 Å². The average Bonchev–Trinajstić information content (AvgIpc) is 3.26. The normalized spacial score (nSPS) is 11.5. The van der Waals surface area contributed by atoms with Crippen molar-refractivity contribution in [1.82, 2.24) is 4.98 Å². The van der Waals surface area contributed by atoms with Crippen molar-refractivity contribution in [3.63, 3.8) is 0 Å². The smallest absolute Gasteiger partial charge is 0.0708 e. The Balaban J connectivity index is 1.71. The largest absolute Gasteiger partial charge is 0.256 e. The van der Waals surface area contributed by atoms with Gasteiger partial charge in [0.25, 0.3) is 0 Å². The van der Waals surface area contributed by atoms with Crippen molar-refractivity contribution in [3.8, 4) is 55.8 Å². The van der Waals surface area contributed by atoms with Crippen LogP contribution in [-0.2, 0) is 0 Å². The van der Waals surface area contributed by atoms with Crippen LogP contribution in [0.2, 0.25) is 0 Å². The molecule has 0 aliphatic heterocycles. The molecular formula is C33H21N. The molecule has 1 aliphatic carbocycles. The predicted octanol–water partition coefficient (Wildman–Crippen LogP) is 8.88. The SMILES string of the molecule is c1ccc(-c2cc(-c3ccccn3)c(-c3ccccc3)c3c2-c2cccc4cccc-3c24)cc1. The van der Waals surface area contributed by atoms with E-state index in [1.165, 1.54) is 55.3 Å². The average molecular weight is 432 g/mol. The van der Waals surface area contributed by atoms with Crippen LogP contribution in [-0.4, -0.2) is 4.98 Å². The molecule has 6 aromatic rings. The molecule has 0 radical (unpaired) electrons. The fourth-order valence-corrected chi connectivity index (χ4v) is 5.46. The molecule has 7 rings (SSSR count). The summed E-state index contributed by atoms with van der Waals surface area (Å²) in [6.07, 6.45) is 1.88. The van der Waals surface area contributed by atoms with Gasteiger partial charge in [0.1, 0.15) is 0 Å². The minimum absolute atomic E-state index is 0.990. The number of fused-ring (bicyclic) bond motifs is 3. The van der Waals surface area contributed by atoms with E-state index in [2.05, 4.69) is 115 Å². The molecule has 0 amide bonds. The molecule has 34 heavy (non-hydrogen) atoms. The Morgan fingerprint density at radius 2 is 1.06 bits per heavy atom. The van der Waals surface area contributed by atoms with Crippen LogP contribution in [0.3, 0.4) is 0 Å². The lowest BCUT2D eigenvalue weighted by Gasteiger charge is -2.20. The summed E-state index contributed by atoms with van der Waals surface area (Å²) in [6.45, 7) is 0. The van der Waals surface area contributed by atoms with E-state index < -0.39 is 0 Å². The van der Waals surface area contributed by atoms with Crippen LogP contribution in [0.1, 0.15) is 0 Å². The zero-order valence-corrected chi connectivity index (χ0v) is 18.6. The molecule has 0 N–H and O–H groups in total. The molecule has 0 bridgehead atoms. The van der Waals surface area contributed by atoms with Crippen molar-refractivity contribution in [2.45, 2.75) is 0 Å². The van der Waals surface area contributed by atoms with E-state index >= 15 is 0 Å². The van der Waals surface area contributed by atoms with Gasteiger partial charge in [-0.1, -0.05) is 103 Å². The lowest BCUT2D eigenvalue weighted by atomic mass is 9.83. The van der Waals surface area contributed by atoms with E-state index in [-0.39, 0.29) is 0 Å². The Hall–Kier alpha value is -4.49. The van der Waals surface area contributed by atoms with Crippen LogP contribution < -0.4 is 0 Å². The fourth-order valence-electron chi connectivity index (χ4n) is 5.46. The van der Waals surface area contributed by atoms with Gasteiger partial charge in [-0.15, -0.1) is 0 Å². The van der Waals surface area contributed by atoms with E-state index in [1.807, 2.05) is 12.3 Å². The number of hydrogen-bond donors (Lipinski definition) is 0. The molecule has 0 atom stereocenters. The van der Waals surface area contributed by atoms with Crippen LogP contribution in [0.15, 0.2) is 128 Å². The van der Waals surface area contributed by atoms with E-state index in [4.69, 9.17) is 4.98 Å². The van der Waals surface area contributed by atoms with E-state index in [9.17, 15) is 0 Å². The number of pyridine rings is 1. The third-order valence-corrected chi connectivity index (χ3v) is 6.86. The quantitative estimate of drug-likeness (QED) is 0.272. The summed E-state index contributed by atoms with van der Waals surface area (Å²) in [5.41, 5.74) is 12.3. The standard InChI is InChI=1S/C33H21N/c1-3-11-22(12-4-1)27-21-28(29-19-7-8-20-34-29)31(24-13-5-2-6-14-24)33-26-18-10-16-23-15-9-17-25(30(23)26)32(27)33/h1-21H. The van der Waals surface area contributed by atoms with Gasteiger partial charge in [0.05, 0.1) is 5.69 Å². The molecule has 5 aromatic carbocycles. The van der Waals surface area contributed by atoms with Gasteiger partial charge in [-0.05, 0) is 73.5 Å². The van der Waals surface area contributed by atoms with E-state index in [1.54, 1.807) is 0 Å². The Morgan fingerprint density at radius 1 is 0.412 bits per heavy atom. The van der Waals surface area contributed by atoms with Gasteiger partial charge in [-0.25, -0.2) is 0 Å². The maximum atomic E-state index is 4.79. The van der Waals surface area contributed by atoms with Gasteiger partial charge < -0.3 is 0 Å². The lowest BCUT2D eigenvalue weighted by Crippen LogP contribution is -1.95. The maximum absolute atomic E-state index is 4.79. The highest BCUT2D eigenvalue weighted by Gasteiger charge is 2.30.